The largest absolute Gasteiger partial charge is 0.497 e. The van der Waals surface area contributed by atoms with Crippen molar-refractivity contribution in [3.63, 3.8) is 0 Å². The van der Waals surface area contributed by atoms with E-state index in [0.29, 0.717) is 18.6 Å². The Morgan fingerprint density at radius 3 is 2.79 bits per heavy atom. The van der Waals surface area contributed by atoms with Gasteiger partial charge >= 0.3 is 0 Å². The first-order chi connectivity index (χ1) is 9.10. The van der Waals surface area contributed by atoms with Crippen molar-refractivity contribution in [1.29, 1.82) is 0 Å². The second-order valence-corrected chi connectivity index (χ2v) is 5.28. The molecule has 0 spiro atoms. The Bertz CT molecular complexity index is 440. The molecule has 2 rings (SSSR count). The van der Waals surface area contributed by atoms with Gasteiger partial charge in [-0.1, -0.05) is 6.07 Å². The summed E-state index contributed by atoms with van der Waals surface area (Å²) in [7, 11) is 1.62. The summed E-state index contributed by atoms with van der Waals surface area (Å²) in [5, 5.41) is 2.92. The predicted octanol–water partition coefficient (Wildman–Crippen LogP) is 2.51. The van der Waals surface area contributed by atoms with E-state index in [9.17, 15) is 4.79 Å². The molecule has 1 aromatic carbocycles. The van der Waals surface area contributed by atoms with E-state index in [4.69, 9.17) is 4.74 Å². The molecule has 1 aliphatic rings. The van der Waals surface area contributed by atoms with E-state index in [-0.39, 0.29) is 5.91 Å². The highest BCUT2D eigenvalue weighted by Gasteiger charge is 2.31. The van der Waals surface area contributed by atoms with Crippen LogP contribution in [0.2, 0.25) is 0 Å². The Kier molecular flexibility index (Phi) is 4.43. The normalized spacial score (nSPS) is 14.8. The Balaban J connectivity index is 1.92. The number of hydrogen-bond acceptors (Lipinski definition) is 3. The highest BCUT2D eigenvalue weighted by Crippen LogP contribution is 2.28. The molecule has 1 N–H and O–H groups in total. The molecule has 0 unspecified atom stereocenters. The van der Waals surface area contributed by atoms with Gasteiger partial charge in [0, 0.05) is 23.8 Å². The monoisotopic (exact) mass is 262 g/mol. The van der Waals surface area contributed by atoms with Crippen molar-refractivity contribution in [2.75, 3.05) is 19.0 Å². The van der Waals surface area contributed by atoms with Crippen LogP contribution >= 0.6 is 0 Å². The summed E-state index contributed by atoms with van der Waals surface area (Å²) < 4.78 is 5.14. The van der Waals surface area contributed by atoms with Gasteiger partial charge in [-0.05, 0) is 38.8 Å². The fourth-order valence-electron chi connectivity index (χ4n) is 2.21. The SMILES string of the molecule is COc1cccc(NC(=O)CN(C(C)C)C2CC2)c1. The molecule has 0 radical (unpaired) electrons. The van der Waals surface area contributed by atoms with Gasteiger partial charge < -0.3 is 10.1 Å². The maximum Gasteiger partial charge on any atom is 0.238 e. The van der Waals surface area contributed by atoms with Crippen LogP contribution in [0.15, 0.2) is 24.3 Å². The lowest BCUT2D eigenvalue weighted by molar-refractivity contribution is -0.117. The zero-order valence-electron chi connectivity index (χ0n) is 11.8. The fourth-order valence-corrected chi connectivity index (χ4v) is 2.21. The van der Waals surface area contributed by atoms with E-state index in [1.807, 2.05) is 24.3 Å². The molecular weight excluding hydrogens is 240 g/mol. The third-order valence-electron chi connectivity index (χ3n) is 3.36. The molecule has 1 fully saturated rings. The molecule has 1 amide bonds. The van der Waals surface area contributed by atoms with E-state index in [1.54, 1.807) is 7.11 Å². The highest BCUT2D eigenvalue weighted by atomic mass is 16.5. The maximum absolute atomic E-state index is 12.1. The molecule has 104 valence electrons. The molecule has 0 heterocycles. The van der Waals surface area contributed by atoms with Gasteiger partial charge in [0.05, 0.1) is 13.7 Å². The molecule has 0 aromatic heterocycles. The second-order valence-electron chi connectivity index (χ2n) is 5.28. The molecule has 4 heteroatoms. The lowest BCUT2D eigenvalue weighted by atomic mass is 10.2. The molecular formula is C15H22N2O2. The molecule has 0 aliphatic heterocycles. The van der Waals surface area contributed by atoms with E-state index in [1.165, 1.54) is 12.8 Å². The van der Waals surface area contributed by atoms with Crippen LogP contribution in [0, 0.1) is 0 Å². The first kappa shape index (κ1) is 13.9. The van der Waals surface area contributed by atoms with Crippen LogP contribution in [-0.4, -0.2) is 36.5 Å². The number of carbonyl (C=O) groups excluding carboxylic acids is 1. The minimum atomic E-state index is 0.0360. The van der Waals surface area contributed by atoms with Gasteiger partial charge in [0.2, 0.25) is 5.91 Å². The van der Waals surface area contributed by atoms with Gasteiger partial charge in [-0.15, -0.1) is 0 Å². The molecule has 0 atom stereocenters. The Hall–Kier alpha value is -1.55. The van der Waals surface area contributed by atoms with Gasteiger partial charge in [0.1, 0.15) is 5.75 Å². The van der Waals surface area contributed by atoms with E-state index >= 15 is 0 Å². The predicted molar refractivity (Wildman–Crippen MR) is 76.5 cm³/mol. The lowest BCUT2D eigenvalue weighted by Gasteiger charge is -2.25. The Morgan fingerprint density at radius 1 is 1.47 bits per heavy atom. The van der Waals surface area contributed by atoms with Crippen LogP contribution in [0.4, 0.5) is 5.69 Å². The van der Waals surface area contributed by atoms with Gasteiger partial charge in [-0.2, -0.15) is 0 Å². The number of nitrogens with zero attached hydrogens (tertiary/aromatic N) is 1. The zero-order valence-corrected chi connectivity index (χ0v) is 11.8. The molecule has 1 aliphatic carbocycles. The summed E-state index contributed by atoms with van der Waals surface area (Å²) in [6.07, 6.45) is 2.43. The Labute approximate surface area is 114 Å². The van der Waals surface area contributed by atoms with Gasteiger partial charge in [-0.3, -0.25) is 9.69 Å². The van der Waals surface area contributed by atoms with E-state index in [2.05, 4.69) is 24.1 Å². The zero-order chi connectivity index (χ0) is 13.8. The maximum atomic E-state index is 12.1. The number of hydrogen-bond donors (Lipinski definition) is 1. The van der Waals surface area contributed by atoms with Gasteiger partial charge in [0.25, 0.3) is 0 Å². The van der Waals surface area contributed by atoms with E-state index < -0.39 is 0 Å². The van der Waals surface area contributed by atoms with Crippen LogP contribution in [0.1, 0.15) is 26.7 Å². The number of benzene rings is 1. The Morgan fingerprint density at radius 2 is 2.21 bits per heavy atom. The molecule has 1 aromatic rings. The molecule has 19 heavy (non-hydrogen) atoms. The third kappa shape index (κ3) is 3.96. The summed E-state index contributed by atoms with van der Waals surface area (Å²) in [5.74, 6) is 0.787. The minimum Gasteiger partial charge on any atom is -0.497 e. The average molecular weight is 262 g/mol. The number of ether oxygens (including phenoxy) is 1. The van der Waals surface area contributed by atoms with Crippen LogP contribution in [0.5, 0.6) is 5.75 Å². The van der Waals surface area contributed by atoms with E-state index in [0.717, 1.165) is 11.4 Å². The number of rotatable bonds is 6. The van der Waals surface area contributed by atoms with Crippen molar-refractivity contribution in [1.82, 2.24) is 4.90 Å². The number of amides is 1. The third-order valence-corrected chi connectivity index (χ3v) is 3.36. The summed E-state index contributed by atoms with van der Waals surface area (Å²) in [5.41, 5.74) is 0.781. The minimum absolute atomic E-state index is 0.0360. The first-order valence-electron chi connectivity index (χ1n) is 6.80. The van der Waals surface area contributed by atoms with Crippen molar-refractivity contribution in [2.24, 2.45) is 0 Å². The first-order valence-corrected chi connectivity index (χ1v) is 6.80. The van der Waals surface area contributed by atoms with Crippen molar-refractivity contribution < 1.29 is 9.53 Å². The average Bonchev–Trinajstić information content (AvgIpc) is 3.20. The number of anilines is 1. The quantitative estimate of drug-likeness (QED) is 0.856. The number of methoxy groups -OCH3 is 1. The lowest BCUT2D eigenvalue weighted by Crippen LogP contribution is -2.39. The standard InChI is InChI=1S/C15H22N2O2/c1-11(2)17(13-7-8-13)10-15(18)16-12-5-4-6-14(9-12)19-3/h4-6,9,11,13H,7-8,10H2,1-3H3,(H,16,18). The summed E-state index contributed by atoms with van der Waals surface area (Å²) in [4.78, 5) is 14.3. The smallest absolute Gasteiger partial charge is 0.238 e. The number of nitrogens with one attached hydrogen (secondary N) is 1. The van der Waals surface area contributed by atoms with Crippen molar-refractivity contribution in [2.45, 2.75) is 38.8 Å². The summed E-state index contributed by atoms with van der Waals surface area (Å²) in [6, 6.07) is 8.43. The van der Waals surface area contributed by atoms with Gasteiger partial charge in [0.15, 0.2) is 0 Å². The van der Waals surface area contributed by atoms with Crippen molar-refractivity contribution >= 4 is 11.6 Å². The van der Waals surface area contributed by atoms with Crippen LogP contribution < -0.4 is 10.1 Å². The topological polar surface area (TPSA) is 41.6 Å². The number of carbonyl (C=O) groups is 1. The molecule has 0 saturated heterocycles. The summed E-state index contributed by atoms with van der Waals surface area (Å²) >= 11 is 0. The highest BCUT2D eigenvalue weighted by molar-refractivity contribution is 5.92. The van der Waals surface area contributed by atoms with Crippen LogP contribution in [-0.2, 0) is 4.79 Å². The van der Waals surface area contributed by atoms with Crippen molar-refractivity contribution in [3.8, 4) is 5.75 Å². The summed E-state index contributed by atoms with van der Waals surface area (Å²) in [6.45, 7) is 4.73. The van der Waals surface area contributed by atoms with Crippen LogP contribution in [0.3, 0.4) is 0 Å². The van der Waals surface area contributed by atoms with Gasteiger partial charge in [-0.25, -0.2) is 0 Å². The second kappa shape index (κ2) is 6.06. The molecule has 0 bridgehead atoms. The molecule has 4 nitrogen and oxygen atoms in total. The fraction of sp³-hybridized carbons (Fsp3) is 0.533. The van der Waals surface area contributed by atoms with Crippen molar-refractivity contribution in [3.05, 3.63) is 24.3 Å². The van der Waals surface area contributed by atoms with Crippen LogP contribution in [0.25, 0.3) is 0 Å². The molecule has 1 saturated carbocycles.